The van der Waals surface area contributed by atoms with Crippen LogP contribution in [0.25, 0.3) is 0 Å². The van der Waals surface area contributed by atoms with Gasteiger partial charge in [0.1, 0.15) is 11.4 Å². The number of hydrazone groups is 1. The zero-order valence-corrected chi connectivity index (χ0v) is 14.7. The van der Waals surface area contributed by atoms with Gasteiger partial charge in [0.05, 0.1) is 19.3 Å². The molecule has 0 radical (unpaired) electrons. The van der Waals surface area contributed by atoms with Gasteiger partial charge in [-0.2, -0.15) is 5.01 Å². The molecule has 0 N–H and O–H groups in total. The molecule has 0 aliphatic carbocycles. The minimum absolute atomic E-state index is 0. The Morgan fingerprint density at radius 3 is 2.76 bits per heavy atom. The predicted molar refractivity (Wildman–Crippen MR) is 72.6 cm³/mol. The quantitative estimate of drug-likeness (QED) is 0.378. The fourth-order valence-electron chi connectivity index (χ4n) is 1.73. The van der Waals surface area contributed by atoms with Gasteiger partial charge < -0.3 is 14.6 Å². The van der Waals surface area contributed by atoms with Crippen molar-refractivity contribution in [2.45, 2.75) is 6.92 Å². The Hall–Kier alpha value is -1.21. The Morgan fingerprint density at radius 2 is 2.19 bits per heavy atom. The summed E-state index contributed by atoms with van der Waals surface area (Å²) in [6.07, 6.45) is 0.424. The maximum absolute atomic E-state index is 12.2. The van der Waals surface area contributed by atoms with Crippen molar-refractivity contribution < 1.29 is 48.9 Å². The number of halogens is 1. The molecule has 0 saturated heterocycles. The second kappa shape index (κ2) is 7.70. The number of rotatable bonds is 3. The molecule has 1 heterocycles. The Bertz CT molecular complexity index is 604. The van der Waals surface area contributed by atoms with E-state index in [0.717, 1.165) is 5.01 Å². The van der Waals surface area contributed by atoms with E-state index in [2.05, 4.69) is 5.10 Å². The number of nitrogens with zero attached hydrogens (tertiary/aromatic N) is 2. The average Bonchev–Trinajstić information content (AvgIpc) is 2.75. The molecule has 0 bridgehead atoms. The van der Waals surface area contributed by atoms with E-state index in [0.29, 0.717) is 29.3 Å². The van der Waals surface area contributed by atoms with Gasteiger partial charge in [-0.05, 0) is 25.1 Å². The van der Waals surface area contributed by atoms with Gasteiger partial charge in [-0.15, -0.1) is 11.4 Å². The van der Waals surface area contributed by atoms with E-state index in [1.165, 1.54) is 13.2 Å². The Labute approximate surface area is 149 Å². The van der Waals surface area contributed by atoms with E-state index < -0.39 is 5.91 Å². The minimum atomic E-state index is -0.580. The van der Waals surface area contributed by atoms with Gasteiger partial charge in [-0.25, -0.2) is 0 Å². The summed E-state index contributed by atoms with van der Waals surface area (Å²) < 4.78 is 10.3. The first-order chi connectivity index (χ1) is 9.62. The van der Waals surface area contributed by atoms with E-state index in [-0.39, 0.29) is 41.0 Å². The number of carbonyl (C=O) groups is 1. The van der Waals surface area contributed by atoms with Crippen molar-refractivity contribution in [3.63, 3.8) is 0 Å². The maximum Gasteiger partial charge on any atom is 1.00 e. The zero-order chi connectivity index (χ0) is 14.7. The molecule has 21 heavy (non-hydrogen) atoms. The molecular formula is C13H12ClN2NaO4. The van der Waals surface area contributed by atoms with Crippen molar-refractivity contribution in [2.24, 2.45) is 5.10 Å². The summed E-state index contributed by atoms with van der Waals surface area (Å²) in [5.74, 6) is -0.173. The van der Waals surface area contributed by atoms with Gasteiger partial charge in [0.15, 0.2) is 0 Å². The topological polar surface area (TPSA) is 74.2 Å². The standard InChI is InChI=1S/C13H13ClN2O4.Na/c1-3-20-12-9(7-17)13(18)16(15-12)10-6-8(14)4-5-11(10)19-2;/h4-7,17H,3H2,1-2H3;/q;+1/p-1/b9-7-;. The second-order valence-electron chi connectivity index (χ2n) is 3.80. The van der Waals surface area contributed by atoms with Crippen LogP contribution in [0.1, 0.15) is 6.92 Å². The Kier molecular flexibility index (Phi) is 6.54. The van der Waals surface area contributed by atoms with Crippen molar-refractivity contribution in [3.05, 3.63) is 35.1 Å². The third kappa shape index (κ3) is 3.52. The fraction of sp³-hybridized carbons (Fsp3) is 0.231. The smallest absolute Gasteiger partial charge is 0.877 e. The summed E-state index contributed by atoms with van der Waals surface area (Å²) in [6, 6.07) is 4.76. The molecule has 0 saturated carbocycles. The second-order valence-corrected chi connectivity index (χ2v) is 4.24. The summed E-state index contributed by atoms with van der Waals surface area (Å²) in [6.45, 7) is 2.03. The van der Waals surface area contributed by atoms with E-state index in [9.17, 15) is 9.90 Å². The van der Waals surface area contributed by atoms with Crippen molar-refractivity contribution >= 4 is 29.1 Å². The number of hydrogen-bond acceptors (Lipinski definition) is 5. The molecule has 0 spiro atoms. The van der Waals surface area contributed by atoms with Gasteiger partial charge in [0.25, 0.3) is 5.91 Å². The minimum Gasteiger partial charge on any atom is -0.877 e. The van der Waals surface area contributed by atoms with Gasteiger partial charge in [-0.1, -0.05) is 11.6 Å². The van der Waals surface area contributed by atoms with E-state index in [4.69, 9.17) is 21.1 Å². The Balaban J connectivity index is 0.00000220. The maximum atomic E-state index is 12.2. The van der Waals surface area contributed by atoms with Crippen LogP contribution in [-0.4, -0.2) is 25.5 Å². The summed E-state index contributed by atoms with van der Waals surface area (Å²) in [4.78, 5) is 12.2. The first kappa shape index (κ1) is 17.8. The molecule has 0 atom stereocenters. The third-order valence-electron chi connectivity index (χ3n) is 2.61. The van der Waals surface area contributed by atoms with Crippen LogP contribution in [0.4, 0.5) is 5.69 Å². The van der Waals surface area contributed by atoms with Gasteiger partial charge in [-0.3, -0.25) is 4.79 Å². The average molecular weight is 319 g/mol. The normalized spacial score (nSPS) is 15.8. The molecule has 1 aromatic carbocycles. The number of ether oxygens (including phenoxy) is 2. The number of anilines is 1. The van der Waals surface area contributed by atoms with E-state index in [1.54, 1.807) is 19.1 Å². The molecule has 1 aromatic rings. The molecule has 1 aliphatic heterocycles. The largest absolute Gasteiger partial charge is 1.00 e. The third-order valence-corrected chi connectivity index (χ3v) is 2.85. The van der Waals surface area contributed by atoms with Crippen LogP contribution in [-0.2, 0) is 9.53 Å². The summed E-state index contributed by atoms with van der Waals surface area (Å²) in [5, 5.41) is 16.5. The van der Waals surface area contributed by atoms with Crippen LogP contribution in [0.2, 0.25) is 5.02 Å². The van der Waals surface area contributed by atoms with Crippen LogP contribution >= 0.6 is 11.6 Å². The molecule has 6 nitrogen and oxygen atoms in total. The van der Waals surface area contributed by atoms with Crippen molar-refractivity contribution in [3.8, 4) is 5.75 Å². The zero-order valence-electron chi connectivity index (χ0n) is 11.9. The van der Waals surface area contributed by atoms with Gasteiger partial charge >= 0.3 is 29.6 Å². The summed E-state index contributed by atoms with van der Waals surface area (Å²) >= 11 is 5.92. The molecule has 0 unspecified atom stereocenters. The molecular weight excluding hydrogens is 307 g/mol. The number of carbonyl (C=O) groups excluding carboxylic acids is 1. The summed E-state index contributed by atoms with van der Waals surface area (Å²) in [7, 11) is 1.46. The molecule has 0 fully saturated rings. The molecule has 0 aromatic heterocycles. The number of methoxy groups -OCH3 is 1. The number of benzene rings is 1. The number of amides is 1. The molecule has 1 aliphatic rings. The van der Waals surface area contributed by atoms with Crippen molar-refractivity contribution in [1.82, 2.24) is 0 Å². The first-order valence-corrected chi connectivity index (χ1v) is 6.22. The van der Waals surface area contributed by atoms with Crippen LogP contribution in [0, 0.1) is 0 Å². The molecule has 2 rings (SSSR count). The van der Waals surface area contributed by atoms with Gasteiger partial charge in [0.2, 0.25) is 5.90 Å². The molecule has 1 amide bonds. The van der Waals surface area contributed by atoms with Crippen molar-refractivity contribution in [2.75, 3.05) is 18.7 Å². The summed E-state index contributed by atoms with van der Waals surface area (Å²) in [5.41, 5.74) is 0.216. The Morgan fingerprint density at radius 1 is 1.48 bits per heavy atom. The van der Waals surface area contributed by atoms with Crippen LogP contribution in [0.5, 0.6) is 5.75 Å². The van der Waals surface area contributed by atoms with Crippen LogP contribution < -0.4 is 44.4 Å². The van der Waals surface area contributed by atoms with E-state index in [1.807, 2.05) is 0 Å². The van der Waals surface area contributed by atoms with Crippen LogP contribution in [0.3, 0.4) is 0 Å². The predicted octanol–water partition coefficient (Wildman–Crippen LogP) is -1.71. The fourth-order valence-corrected chi connectivity index (χ4v) is 1.90. The monoisotopic (exact) mass is 318 g/mol. The molecule has 8 heteroatoms. The van der Waals surface area contributed by atoms with Crippen molar-refractivity contribution in [1.29, 1.82) is 0 Å². The SMILES string of the molecule is CCOC1=NN(c2cc(Cl)ccc2OC)C(=O)/C1=C\[O-].[Na+]. The van der Waals surface area contributed by atoms with Gasteiger partial charge in [0, 0.05) is 5.02 Å². The van der Waals surface area contributed by atoms with Crippen LogP contribution in [0.15, 0.2) is 35.1 Å². The van der Waals surface area contributed by atoms with E-state index >= 15 is 0 Å². The number of hydrogen-bond donors (Lipinski definition) is 0. The molecule has 106 valence electrons. The first-order valence-electron chi connectivity index (χ1n) is 5.84.